The Morgan fingerprint density at radius 1 is 1.48 bits per heavy atom. The summed E-state index contributed by atoms with van der Waals surface area (Å²) in [5, 5.41) is 5.30. The van der Waals surface area contributed by atoms with Gasteiger partial charge in [0.05, 0.1) is 18.8 Å². The molecule has 0 spiro atoms. The first-order chi connectivity index (χ1) is 10.2. The molecule has 1 aliphatic rings. The Morgan fingerprint density at radius 2 is 2.24 bits per heavy atom. The van der Waals surface area contributed by atoms with Crippen molar-refractivity contribution in [2.24, 2.45) is 0 Å². The van der Waals surface area contributed by atoms with E-state index in [-0.39, 0.29) is 18.4 Å². The van der Waals surface area contributed by atoms with Crippen LogP contribution in [0.25, 0.3) is 0 Å². The fraction of sp³-hybridized carbons (Fsp3) is 0.333. The Hall–Kier alpha value is -2.50. The van der Waals surface area contributed by atoms with E-state index in [1.165, 1.54) is 0 Å². The molecule has 1 aliphatic heterocycles. The fourth-order valence-corrected chi connectivity index (χ4v) is 2.17. The van der Waals surface area contributed by atoms with Crippen molar-refractivity contribution >= 4 is 17.5 Å². The van der Waals surface area contributed by atoms with Gasteiger partial charge in [-0.05, 0) is 12.1 Å². The van der Waals surface area contributed by atoms with Gasteiger partial charge in [-0.2, -0.15) is 0 Å². The second-order valence-electron chi connectivity index (χ2n) is 4.66. The van der Waals surface area contributed by atoms with Crippen LogP contribution in [-0.2, 0) is 9.59 Å². The molecule has 0 aromatic heterocycles. The van der Waals surface area contributed by atoms with Gasteiger partial charge in [0.25, 0.3) is 5.91 Å². The van der Waals surface area contributed by atoms with E-state index in [9.17, 15) is 9.59 Å². The molecule has 1 heterocycles. The third-order valence-electron chi connectivity index (χ3n) is 3.18. The van der Waals surface area contributed by atoms with Crippen LogP contribution in [0.3, 0.4) is 0 Å². The Bertz CT molecular complexity index is 545. The summed E-state index contributed by atoms with van der Waals surface area (Å²) < 4.78 is 5.68. The van der Waals surface area contributed by atoms with Crippen LogP contribution in [0.2, 0.25) is 0 Å². The van der Waals surface area contributed by atoms with E-state index in [0.717, 1.165) is 5.69 Å². The van der Waals surface area contributed by atoms with E-state index in [1.54, 1.807) is 19.2 Å². The maximum atomic E-state index is 11.9. The molecule has 21 heavy (non-hydrogen) atoms. The summed E-state index contributed by atoms with van der Waals surface area (Å²) >= 11 is 0. The zero-order valence-corrected chi connectivity index (χ0v) is 12.0. The minimum Gasteiger partial charge on any atom is -0.477 e. The molecule has 0 bridgehead atoms. The first kappa shape index (κ1) is 14.9. The monoisotopic (exact) mass is 289 g/mol. The summed E-state index contributed by atoms with van der Waals surface area (Å²) in [6.45, 7) is 4.48. The number of benzene rings is 1. The average molecular weight is 289 g/mol. The van der Waals surface area contributed by atoms with Crippen LogP contribution in [0, 0.1) is 0 Å². The van der Waals surface area contributed by atoms with Crippen molar-refractivity contribution in [1.82, 2.24) is 10.6 Å². The van der Waals surface area contributed by atoms with Gasteiger partial charge in [0.15, 0.2) is 6.10 Å². The van der Waals surface area contributed by atoms with Crippen LogP contribution in [0.1, 0.15) is 0 Å². The third-order valence-corrected chi connectivity index (χ3v) is 3.18. The number of fused-ring (bicyclic) bond motifs is 1. The minimum absolute atomic E-state index is 0.123. The van der Waals surface area contributed by atoms with E-state index in [0.29, 0.717) is 18.8 Å². The molecule has 0 aliphatic carbocycles. The molecular weight excluding hydrogens is 270 g/mol. The van der Waals surface area contributed by atoms with Crippen molar-refractivity contribution in [3.05, 3.63) is 36.9 Å². The van der Waals surface area contributed by atoms with Crippen molar-refractivity contribution < 1.29 is 14.3 Å². The quantitative estimate of drug-likeness (QED) is 0.765. The predicted molar refractivity (Wildman–Crippen MR) is 80.3 cm³/mol. The number of nitrogens with zero attached hydrogens (tertiary/aromatic N) is 1. The predicted octanol–water partition coefficient (Wildman–Crippen LogP) is 0.302. The summed E-state index contributed by atoms with van der Waals surface area (Å²) in [5.74, 6) is 0.275. The van der Waals surface area contributed by atoms with Crippen molar-refractivity contribution in [2.75, 3.05) is 31.6 Å². The van der Waals surface area contributed by atoms with Crippen LogP contribution in [-0.4, -0.2) is 44.6 Å². The number of ether oxygens (including phenoxy) is 1. The van der Waals surface area contributed by atoms with Gasteiger partial charge in [0, 0.05) is 13.6 Å². The van der Waals surface area contributed by atoms with Crippen LogP contribution in [0.15, 0.2) is 36.9 Å². The van der Waals surface area contributed by atoms with Gasteiger partial charge in [-0.3, -0.25) is 9.59 Å². The van der Waals surface area contributed by atoms with Gasteiger partial charge in [-0.1, -0.05) is 18.2 Å². The van der Waals surface area contributed by atoms with Crippen molar-refractivity contribution in [3.63, 3.8) is 0 Å². The number of nitrogens with one attached hydrogen (secondary N) is 2. The Labute approximate surface area is 123 Å². The van der Waals surface area contributed by atoms with Crippen molar-refractivity contribution in [1.29, 1.82) is 0 Å². The van der Waals surface area contributed by atoms with Gasteiger partial charge < -0.3 is 20.3 Å². The number of rotatable bonds is 5. The third kappa shape index (κ3) is 3.53. The summed E-state index contributed by atoms with van der Waals surface area (Å²) in [6, 6.07) is 7.37. The van der Waals surface area contributed by atoms with E-state index in [4.69, 9.17) is 4.74 Å². The number of amides is 2. The first-order valence-electron chi connectivity index (χ1n) is 6.75. The summed E-state index contributed by atoms with van der Waals surface area (Å²) in [6.07, 6.45) is 0.996. The lowest BCUT2D eigenvalue weighted by Crippen LogP contribution is -2.50. The molecule has 0 radical (unpaired) electrons. The maximum absolute atomic E-state index is 11.9. The Balaban J connectivity index is 2.16. The molecule has 6 nitrogen and oxygen atoms in total. The lowest BCUT2D eigenvalue weighted by molar-refractivity contribution is -0.127. The van der Waals surface area contributed by atoms with Crippen LogP contribution in [0.5, 0.6) is 5.75 Å². The highest BCUT2D eigenvalue weighted by Gasteiger charge is 2.30. The fourth-order valence-electron chi connectivity index (χ4n) is 2.17. The second-order valence-corrected chi connectivity index (χ2v) is 4.66. The molecule has 1 aromatic carbocycles. The molecule has 0 saturated heterocycles. The normalized spacial score (nSPS) is 16.4. The van der Waals surface area contributed by atoms with Gasteiger partial charge in [-0.25, -0.2) is 0 Å². The number of carbonyl (C=O) groups is 2. The molecular formula is C15H19N3O3. The standard InChI is InChI=1S/C15H19N3O3/c1-3-8-17-14(19)10-18-9-13(15(20)16-2)21-12-7-5-4-6-11(12)18/h3-7,13H,1,8-10H2,2H3,(H,16,20)(H,17,19)/t13-/m1/s1. The molecule has 0 fully saturated rings. The van der Waals surface area contributed by atoms with E-state index < -0.39 is 6.10 Å². The summed E-state index contributed by atoms with van der Waals surface area (Å²) in [4.78, 5) is 25.5. The highest BCUT2D eigenvalue weighted by Crippen LogP contribution is 2.32. The van der Waals surface area contributed by atoms with E-state index in [2.05, 4.69) is 17.2 Å². The molecule has 2 amide bonds. The Morgan fingerprint density at radius 3 is 2.95 bits per heavy atom. The first-order valence-corrected chi connectivity index (χ1v) is 6.75. The summed E-state index contributed by atoms with van der Waals surface area (Å²) in [5.41, 5.74) is 0.811. The zero-order valence-electron chi connectivity index (χ0n) is 12.0. The van der Waals surface area contributed by atoms with E-state index in [1.807, 2.05) is 23.1 Å². The molecule has 0 saturated carbocycles. The van der Waals surface area contributed by atoms with Crippen LogP contribution in [0.4, 0.5) is 5.69 Å². The summed E-state index contributed by atoms with van der Waals surface area (Å²) in [7, 11) is 1.56. The number of carbonyl (C=O) groups excluding carboxylic acids is 2. The number of likely N-dealkylation sites (N-methyl/N-ethyl adjacent to an activating group) is 1. The van der Waals surface area contributed by atoms with Crippen molar-refractivity contribution in [3.8, 4) is 5.75 Å². The molecule has 0 unspecified atom stereocenters. The van der Waals surface area contributed by atoms with Gasteiger partial charge in [0.2, 0.25) is 5.91 Å². The largest absolute Gasteiger partial charge is 0.477 e. The van der Waals surface area contributed by atoms with Crippen LogP contribution < -0.4 is 20.3 Å². The minimum atomic E-state index is -0.628. The topological polar surface area (TPSA) is 70.7 Å². The Kier molecular flexibility index (Phi) is 4.81. The van der Waals surface area contributed by atoms with Crippen molar-refractivity contribution in [2.45, 2.75) is 6.10 Å². The maximum Gasteiger partial charge on any atom is 0.262 e. The lowest BCUT2D eigenvalue weighted by Gasteiger charge is -2.34. The van der Waals surface area contributed by atoms with Gasteiger partial charge in [-0.15, -0.1) is 6.58 Å². The molecule has 112 valence electrons. The highest BCUT2D eigenvalue weighted by atomic mass is 16.5. The van der Waals surface area contributed by atoms with Gasteiger partial charge >= 0.3 is 0 Å². The number of para-hydroxylation sites is 2. The molecule has 2 rings (SSSR count). The second kappa shape index (κ2) is 6.78. The zero-order chi connectivity index (χ0) is 15.2. The molecule has 1 aromatic rings. The number of anilines is 1. The lowest BCUT2D eigenvalue weighted by atomic mass is 10.1. The smallest absolute Gasteiger partial charge is 0.262 e. The highest BCUT2D eigenvalue weighted by molar-refractivity contribution is 5.86. The number of hydrogen-bond donors (Lipinski definition) is 2. The molecule has 1 atom stereocenters. The average Bonchev–Trinajstić information content (AvgIpc) is 2.52. The van der Waals surface area contributed by atoms with E-state index >= 15 is 0 Å². The molecule has 6 heteroatoms. The molecule has 2 N–H and O–H groups in total. The van der Waals surface area contributed by atoms with Crippen LogP contribution >= 0.6 is 0 Å². The SMILES string of the molecule is C=CCNC(=O)CN1C[C@H](C(=O)NC)Oc2ccccc21. The number of hydrogen-bond acceptors (Lipinski definition) is 4. The van der Waals surface area contributed by atoms with Gasteiger partial charge in [0.1, 0.15) is 5.75 Å².